The van der Waals surface area contributed by atoms with Crippen LogP contribution < -0.4 is 5.32 Å². The molecule has 2 rings (SSSR count). The second-order valence-corrected chi connectivity index (χ2v) is 5.77. The van der Waals surface area contributed by atoms with Crippen molar-refractivity contribution in [3.05, 3.63) is 0 Å². The number of nitrogens with zero attached hydrogens (tertiary/aromatic N) is 1. The first-order valence-corrected chi connectivity index (χ1v) is 7.37. The van der Waals surface area contributed by atoms with E-state index in [9.17, 15) is 4.79 Å². The summed E-state index contributed by atoms with van der Waals surface area (Å²) in [6.45, 7) is 4.19. The standard InChI is InChI=1S/C14H26N2O2/c1-11-10-12(5-7-15-11)14(18)16-8-3-2-4-13(16)6-9-17/h11-13,15,17H,2-10H2,1H3. The summed E-state index contributed by atoms with van der Waals surface area (Å²) < 4.78 is 0. The topological polar surface area (TPSA) is 52.6 Å². The van der Waals surface area contributed by atoms with Gasteiger partial charge in [-0.2, -0.15) is 0 Å². The van der Waals surface area contributed by atoms with Gasteiger partial charge in [0.2, 0.25) is 5.91 Å². The molecule has 3 atom stereocenters. The number of rotatable bonds is 3. The van der Waals surface area contributed by atoms with Crippen LogP contribution in [0.4, 0.5) is 0 Å². The molecule has 104 valence electrons. The fourth-order valence-corrected chi connectivity index (χ4v) is 3.33. The minimum Gasteiger partial charge on any atom is -0.396 e. The number of likely N-dealkylation sites (tertiary alicyclic amines) is 1. The molecular weight excluding hydrogens is 228 g/mol. The number of nitrogens with one attached hydrogen (secondary N) is 1. The number of hydrogen-bond donors (Lipinski definition) is 2. The average molecular weight is 254 g/mol. The Kier molecular flexibility index (Phi) is 5.01. The number of carbonyl (C=O) groups is 1. The van der Waals surface area contributed by atoms with Crippen molar-refractivity contribution in [2.24, 2.45) is 5.92 Å². The summed E-state index contributed by atoms with van der Waals surface area (Å²) in [6.07, 6.45) is 6.04. The molecule has 2 heterocycles. The highest BCUT2D eigenvalue weighted by atomic mass is 16.3. The third kappa shape index (κ3) is 3.23. The van der Waals surface area contributed by atoms with Gasteiger partial charge in [-0.25, -0.2) is 0 Å². The Balaban J connectivity index is 1.96. The van der Waals surface area contributed by atoms with Crippen LogP contribution in [0.2, 0.25) is 0 Å². The Bertz CT molecular complexity index is 281. The minimum absolute atomic E-state index is 0.192. The van der Waals surface area contributed by atoms with Crippen LogP contribution in [0.3, 0.4) is 0 Å². The van der Waals surface area contributed by atoms with E-state index in [0.717, 1.165) is 45.2 Å². The Hall–Kier alpha value is -0.610. The molecule has 18 heavy (non-hydrogen) atoms. The quantitative estimate of drug-likeness (QED) is 0.794. The molecule has 2 aliphatic rings. The molecule has 0 bridgehead atoms. The molecule has 4 heteroatoms. The molecule has 1 amide bonds. The molecule has 4 nitrogen and oxygen atoms in total. The molecule has 0 radical (unpaired) electrons. The van der Waals surface area contributed by atoms with E-state index in [0.29, 0.717) is 11.9 Å². The van der Waals surface area contributed by atoms with Crippen LogP contribution >= 0.6 is 0 Å². The van der Waals surface area contributed by atoms with E-state index in [4.69, 9.17) is 5.11 Å². The van der Waals surface area contributed by atoms with Crippen molar-refractivity contribution in [3.63, 3.8) is 0 Å². The van der Waals surface area contributed by atoms with Crippen molar-refractivity contribution >= 4 is 5.91 Å². The third-order valence-corrected chi connectivity index (χ3v) is 4.35. The summed E-state index contributed by atoms with van der Waals surface area (Å²) in [6, 6.07) is 0.732. The summed E-state index contributed by atoms with van der Waals surface area (Å²) in [5.41, 5.74) is 0. The summed E-state index contributed by atoms with van der Waals surface area (Å²) in [5, 5.41) is 12.5. The van der Waals surface area contributed by atoms with Gasteiger partial charge in [-0.15, -0.1) is 0 Å². The molecule has 0 aromatic rings. The van der Waals surface area contributed by atoms with Gasteiger partial charge >= 0.3 is 0 Å². The summed E-state index contributed by atoms with van der Waals surface area (Å²) in [5.74, 6) is 0.530. The average Bonchev–Trinajstić information content (AvgIpc) is 2.39. The molecule has 0 aliphatic carbocycles. The lowest BCUT2D eigenvalue weighted by molar-refractivity contribution is -0.140. The van der Waals surface area contributed by atoms with Crippen molar-refractivity contribution in [2.45, 2.75) is 57.5 Å². The SMILES string of the molecule is CC1CC(C(=O)N2CCCCC2CCO)CCN1. The number of piperidine rings is 2. The molecular formula is C14H26N2O2. The van der Waals surface area contributed by atoms with Gasteiger partial charge in [-0.05, 0) is 52.0 Å². The zero-order valence-electron chi connectivity index (χ0n) is 11.4. The number of hydrogen-bond acceptors (Lipinski definition) is 3. The normalized spacial score (nSPS) is 33.4. The van der Waals surface area contributed by atoms with Crippen molar-refractivity contribution in [3.8, 4) is 0 Å². The van der Waals surface area contributed by atoms with Gasteiger partial charge in [-0.1, -0.05) is 0 Å². The van der Waals surface area contributed by atoms with Gasteiger partial charge < -0.3 is 15.3 Å². The highest BCUT2D eigenvalue weighted by Gasteiger charge is 2.33. The van der Waals surface area contributed by atoms with Gasteiger partial charge in [0.1, 0.15) is 0 Å². The predicted octanol–water partition coefficient (Wildman–Crippen LogP) is 1.14. The lowest BCUT2D eigenvalue weighted by atomic mass is 9.89. The van der Waals surface area contributed by atoms with Crippen molar-refractivity contribution in [1.82, 2.24) is 10.2 Å². The van der Waals surface area contributed by atoms with Crippen LogP contribution in [0.25, 0.3) is 0 Å². The van der Waals surface area contributed by atoms with Gasteiger partial charge in [0.05, 0.1) is 0 Å². The Labute approximate surface area is 110 Å². The first kappa shape index (κ1) is 13.8. The van der Waals surface area contributed by atoms with Crippen LogP contribution in [0.5, 0.6) is 0 Å². The summed E-state index contributed by atoms with van der Waals surface area (Å²) >= 11 is 0. The molecule has 2 saturated heterocycles. The van der Waals surface area contributed by atoms with Crippen LogP contribution in [-0.4, -0.2) is 47.7 Å². The Morgan fingerprint density at radius 2 is 2.22 bits per heavy atom. The predicted molar refractivity (Wildman–Crippen MR) is 71.2 cm³/mol. The van der Waals surface area contributed by atoms with E-state index in [1.54, 1.807) is 0 Å². The van der Waals surface area contributed by atoms with Crippen molar-refractivity contribution in [2.75, 3.05) is 19.7 Å². The van der Waals surface area contributed by atoms with Crippen molar-refractivity contribution < 1.29 is 9.90 Å². The number of carbonyl (C=O) groups excluding carboxylic acids is 1. The van der Waals surface area contributed by atoms with Gasteiger partial charge in [-0.3, -0.25) is 4.79 Å². The lowest BCUT2D eigenvalue weighted by Crippen LogP contribution is -2.49. The fourth-order valence-electron chi connectivity index (χ4n) is 3.33. The van der Waals surface area contributed by atoms with E-state index in [1.165, 1.54) is 6.42 Å². The van der Waals surface area contributed by atoms with E-state index >= 15 is 0 Å². The molecule has 0 saturated carbocycles. The second kappa shape index (κ2) is 6.53. The molecule has 0 aromatic heterocycles. The van der Waals surface area contributed by atoms with Crippen LogP contribution in [0.1, 0.15) is 45.4 Å². The highest BCUT2D eigenvalue weighted by molar-refractivity contribution is 5.79. The fraction of sp³-hybridized carbons (Fsp3) is 0.929. The molecule has 3 unspecified atom stereocenters. The van der Waals surface area contributed by atoms with Crippen LogP contribution in [0.15, 0.2) is 0 Å². The maximum absolute atomic E-state index is 12.6. The van der Waals surface area contributed by atoms with E-state index < -0.39 is 0 Å². The maximum Gasteiger partial charge on any atom is 0.226 e. The number of amides is 1. The van der Waals surface area contributed by atoms with E-state index in [1.807, 2.05) is 0 Å². The van der Waals surface area contributed by atoms with Crippen molar-refractivity contribution in [1.29, 1.82) is 0 Å². The van der Waals surface area contributed by atoms with E-state index in [2.05, 4.69) is 17.1 Å². The molecule has 2 N–H and O–H groups in total. The number of aliphatic hydroxyl groups is 1. The monoisotopic (exact) mass is 254 g/mol. The molecule has 2 aliphatic heterocycles. The van der Waals surface area contributed by atoms with Crippen LogP contribution in [0, 0.1) is 5.92 Å². The molecule has 0 aromatic carbocycles. The smallest absolute Gasteiger partial charge is 0.226 e. The Morgan fingerprint density at radius 3 is 2.94 bits per heavy atom. The molecule has 0 spiro atoms. The minimum atomic E-state index is 0.192. The number of aliphatic hydroxyl groups excluding tert-OH is 1. The summed E-state index contributed by atoms with van der Waals surface area (Å²) in [7, 11) is 0. The first-order chi connectivity index (χ1) is 8.72. The maximum atomic E-state index is 12.6. The lowest BCUT2D eigenvalue weighted by Gasteiger charge is -2.39. The zero-order valence-corrected chi connectivity index (χ0v) is 11.4. The van der Waals surface area contributed by atoms with E-state index in [-0.39, 0.29) is 18.6 Å². The first-order valence-electron chi connectivity index (χ1n) is 7.37. The molecule has 2 fully saturated rings. The summed E-state index contributed by atoms with van der Waals surface area (Å²) in [4.78, 5) is 14.7. The largest absolute Gasteiger partial charge is 0.396 e. The Morgan fingerprint density at radius 1 is 1.39 bits per heavy atom. The second-order valence-electron chi connectivity index (χ2n) is 5.77. The van der Waals surface area contributed by atoms with Gasteiger partial charge in [0.15, 0.2) is 0 Å². The zero-order chi connectivity index (χ0) is 13.0. The van der Waals surface area contributed by atoms with Gasteiger partial charge in [0, 0.05) is 31.2 Å². The van der Waals surface area contributed by atoms with Crippen LogP contribution in [-0.2, 0) is 4.79 Å². The third-order valence-electron chi connectivity index (χ3n) is 4.35. The highest BCUT2D eigenvalue weighted by Crippen LogP contribution is 2.25. The van der Waals surface area contributed by atoms with Gasteiger partial charge in [0.25, 0.3) is 0 Å².